The summed E-state index contributed by atoms with van der Waals surface area (Å²) in [6.07, 6.45) is 3.75. The fourth-order valence-corrected chi connectivity index (χ4v) is 1.83. The van der Waals surface area contributed by atoms with Crippen molar-refractivity contribution in [3.63, 3.8) is 0 Å². The molecule has 3 aromatic rings. The summed E-state index contributed by atoms with van der Waals surface area (Å²) in [4.78, 5) is 4.32. The maximum atomic E-state index is 5.73. The number of aromatic nitrogens is 2. The fourth-order valence-electron chi connectivity index (χ4n) is 1.83. The van der Waals surface area contributed by atoms with Crippen molar-refractivity contribution in [1.82, 2.24) is 10.1 Å². The van der Waals surface area contributed by atoms with Crippen molar-refractivity contribution < 1.29 is 4.52 Å². The highest BCUT2D eigenvalue weighted by molar-refractivity contribution is 5.67. The summed E-state index contributed by atoms with van der Waals surface area (Å²) in [5.74, 6) is 0.997. The Hall–Kier alpha value is -2.88. The topological polar surface area (TPSA) is 64.9 Å². The van der Waals surface area contributed by atoms with Gasteiger partial charge in [-0.25, -0.2) is 0 Å². The molecule has 0 radical (unpaired) electrons. The van der Waals surface area contributed by atoms with Gasteiger partial charge in [0.25, 0.3) is 5.89 Å². The first-order valence-corrected chi connectivity index (χ1v) is 6.24. The molecule has 2 N–H and O–H groups in total. The number of benzene rings is 2. The van der Waals surface area contributed by atoms with Gasteiger partial charge in [0.15, 0.2) is 5.82 Å². The molecule has 0 aliphatic carbocycles. The SMILES string of the molecule is Nc1cccc(-c2nc(/C=C/c3ccccc3)no2)c1. The molecular weight excluding hydrogens is 250 g/mol. The van der Waals surface area contributed by atoms with E-state index in [1.165, 1.54) is 0 Å². The molecule has 0 amide bonds. The highest BCUT2D eigenvalue weighted by atomic mass is 16.5. The molecule has 1 heterocycles. The molecule has 0 atom stereocenters. The first-order chi connectivity index (χ1) is 9.81. The molecule has 3 rings (SSSR count). The summed E-state index contributed by atoms with van der Waals surface area (Å²) in [7, 11) is 0. The van der Waals surface area contributed by atoms with Gasteiger partial charge >= 0.3 is 0 Å². The second-order valence-corrected chi connectivity index (χ2v) is 4.33. The van der Waals surface area contributed by atoms with Gasteiger partial charge in [-0.15, -0.1) is 0 Å². The quantitative estimate of drug-likeness (QED) is 0.734. The molecule has 1 aromatic heterocycles. The van der Waals surface area contributed by atoms with Crippen LogP contribution < -0.4 is 5.73 Å². The molecule has 2 aromatic carbocycles. The van der Waals surface area contributed by atoms with Crippen LogP contribution in [0.15, 0.2) is 59.1 Å². The van der Waals surface area contributed by atoms with E-state index in [0.717, 1.165) is 11.1 Å². The van der Waals surface area contributed by atoms with E-state index in [2.05, 4.69) is 10.1 Å². The predicted octanol–water partition coefficient (Wildman–Crippen LogP) is 3.49. The Bertz CT molecular complexity index is 732. The molecule has 0 saturated heterocycles. The van der Waals surface area contributed by atoms with Gasteiger partial charge in [-0.2, -0.15) is 4.98 Å². The third-order valence-corrected chi connectivity index (χ3v) is 2.80. The lowest BCUT2D eigenvalue weighted by Crippen LogP contribution is -1.85. The van der Waals surface area contributed by atoms with Crippen molar-refractivity contribution in [2.45, 2.75) is 0 Å². The molecule has 0 aliphatic rings. The van der Waals surface area contributed by atoms with Crippen molar-refractivity contribution in [1.29, 1.82) is 0 Å². The average molecular weight is 263 g/mol. The lowest BCUT2D eigenvalue weighted by molar-refractivity contribution is 0.429. The molecule has 0 bridgehead atoms. The zero-order chi connectivity index (χ0) is 13.8. The Morgan fingerprint density at radius 2 is 1.80 bits per heavy atom. The Morgan fingerprint density at radius 3 is 2.60 bits per heavy atom. The van der Waals surface area contributed by atoms with Crippen LogP contribution in [0.3, 0.4) is 0 Å². The Balaban J connectivity index is 1.82. The molecule has 0 spiro atoms. The molecule has 0 saturated carbocycles. The van der Waals surface area contributed by atoms with Gasteiger partial charge < -0.3 is 10.3 Å². The first-order valence-electron chi connectivity index (χ1n) is 6.24. The van der Waals surface area contributed by atoms with Crippen molar-refractivity contribution in [3.8, 4) is 11.5 Å². The summed E-state index contributed by atoms with van der Waals surface area (Å²) in [6.45, 7) is 0. The third kappa shape index (κ3) is 2.75. The zero-order valence-corrected chi connectivity index (χ0v) is 10.7. The van der Waals surface area contributed by atoms with Gasteiger partial charge in [0.1, 0.15) is 0 Å². The minimum atomic E-state index is 0.463. The van der Waals surface area contributed by atoms with Crippen LogP contribution in [0.5, 0.6) is 0 Å². The zero-order valence-electron chi connectivity index (χ0n) is 10.7. The number of hydrogen-bond donors (Lipinski definition) is 1. The number of anilines is 1. The molecule has 0 fully saturated rings. The van der Waals surface area contributed by atoms with E-state index < -0.39 is 0 Å². The summed E-state index contributed by atoms with van der Waals surface area (Å²) in [6, 6.07) is 17.3. The lowest BCUT2D eigenvalue weighted by Gasteiger charge is -1.94. The van der Waals surface area contributed by atoms with E-state index >= 15 is 0 Å². The van der Waals surface area contributed by atoms with Gasteiger partial charge in [-0.3, -0.25) is 0 Å². The number of rotatable bonds is 3. The first kappa shape index (κ1) is 12.2. The van der Waals surface area contributed by atoms with Crippen molar-refractivity contribution in [2.24, 2.45) is 0 Å². The maximum Gasteiger partial charge on any atom is 0.258 e. The summed E-state index contributed by atoms with van der Waals surface area (Å²) in [5.41, 5.74) is 8.30. The Kier molecular flexibility index (Phi) is 3.29. The standard InChI is InChI=1S/C16H13N3O/c17-14-8-4-7-13(11-14)16-18-15(19-20-16)10-9-12-5-2-1-3-6-12/h1-11H,17H2/b10-9+. The Labute approximate surface area is 116 Å². The van der Waals surface area contributed by atoms with Gasteiger partial charge in [0.2, 0.25) is 0 Å². The van der Waals surface area contributed by atoms with Crippen LogP contribution in [-0.4, -0.2) is 10.1 Å². The average Bonchev–Trinajstić information content (AvgIpc) is 2.95. The molecule has 4 nitrogen and oxygen atoms in total. The monoisotopic (exact) mass is 263 g/mol. The molecule has 98 valence electrons. The third-order valence-electron chi connectivity index (χ3n) is 2.80. The van der Waals surface area contributed by atoms with Gasteiger partial charge in [-0.1, -0.05) is 47.6 Å². The van der Waals surface area contributed by atoms with Gasteiger partial charge in [-0.05, 0) is 29.8 Å². The normalized spacial score (nSPS) is 11.0. The number of nitrogen functional groups attached to an aromatic ring is 1. The highest BCUT2D eigenvalue weighted by Gasteiger charge is 2.06. The van der Waals surface area contributed by atoms with Crippen molar-refractivity contribution in [3.05, 3.63) is 66.0 Å². The second kappa shape index (κ2) is 5.40. The van der Waals surface area contributed by atoms with Crippen LogP contribution >= 0.6 is 0 Å². The molecular formula is C16H13N3O. The van der Waals surface area contributed by atoms with Crippen LogP contribution in [-0.2, 0) is 0 Å². The number of nitrogens with two attached hydrogens (primary N) is 1. The van der Waals surface area contributed by atoms with E-state index in [9.17, 15) is 0 Å². The fraction of sp³-hybridized carbons (Fsp3) is 0. The van der Waals surface area contributed by atoms with E-state index in [-0.39, 0.29) is 0 Å². The largest absolute Gasteiger partial charge is 0.399 e. The minimum Gasteiger partial charge on any atom is -0.399 e. The van der Waals surface area contributed by atoms with E-state index in [0.29, 0.717) is 17.4 Å². The smallest absolute Gasteiger partial charge is 0.258 e. The predicted molar refractivity (Wildman–Crippen MR) is 79.5 cm³/mol. The molecule has 4 heteroatoms. The summed E-state index contributed by atoms with van der Waals surface area (Å²) in [5, 5.41) is 3.92. The van der Waals surface area contributed by atoms with Crippen molar-refractivity contribution >= 4 is 17.8 Å². The van der Waals surface area contributed by atoms with Crippen molar-refractivity contribution in [2.75, 3.05) is 5.73 Å². The van der Waals surface area contributed by atoms with Crippen LogP contribution in [0.25, 0.3) is 23.6 Å². The highest BCUT2D eigenvalue weighted by Crippen LogP contribution is 2.19. The van der Waals surface area contributed by atoms with Crippen LogP contribution in [0, 0.1) is 0 Å². The number of hydrogen-bond acceptors (Lipinski definition) is 4. The van der Waals surface area contributed by atoms with E-state index in [1.807, 2.05) is 60.7 Å². The van der Waals surface area contributed by atoms with Crippen LogP contribution in [0.2, 0.25) is 0 Å². The molecule has 0 unspecified atom stereocenters. The van der Waals surface area contributed by atoms with Crippen LogP contribution in [0.4, 0.5) is 5.69 Å². The maximum absolute atomic E-state index is 5.73. The van der Waals surface area contributed by atoms with E-state index in [1.54, 1.807) is 6.07 Å². The minimum absolute atomic E-state index is 0.463. The summed E-state index contributed by atoms with van der Waals surface area (Å²) >= 11 is 0. The van der Waals surface area contributed by atoms with E-state index in [4.69, 9.17) is 10.3 Å². The lowest BCUT2D eigenvalue weighted by atomic mass is 10.2. The van der Waals surface area contributed by atoms with Gasteiger partial charge in [0, 0.05) is 11.3 Å². The molecule has 0 aliphatic heterocycles. The Morgan fingerprint density at radius 1 is 0.950 bits per heavy atom. The second-order valence-electron chi connectivity index (χ2n) is 4.33. The van der Waals surface area contributed by atoms with Gasteiger partial charge in [0.05, 0.1) is 0 Å². The summed E-state index contributed by atoms with van der Waals surface area (Å²) < 4.78 is 5.23. The van der Waals surface area contributed by atoms with Crippen LogP contribution in [0.1, 0.15) is 11.4 Å². The molecule has 20 heavy (non-hydrogen) atoms. The number of nitrogens with zero attached hydrogens (tertiary/aromatic N) is 2.